The third kappa shape index (κ3) is 3.14. The molecule has 2 aliphatic rings. The zero-order valence-electron chi connectivity index (χ0n) is 13.6. The number of hydrogen-bond acceptors (Lipinski definition) is 6. The average molecular weight is 335 g/mol. The number of nitrogens with two attached hydrogens (primary N) is 1. The summed E-state index contributed by atoms with van der Waals surface area (Å²) in [4.78, 5) is 25.1. The van der Waals surface area contributed by atoms with Crippen LogP contribution in [0.3, 0.4) is 0 Å². The van der Waals surface area contributed by atoms with Gasteiger partial charge < -0.3 is 20.1 Å². The van der Waals surface area contributed by atoms with E-state index in [1.54, 1.807) is 11.0 Å². The van der Waals surface area contributed by atoms with Gasteiger partial charge >= 0.3 is 0 Å². The van der Waals surface area contributed by atoms with Crippen molar-refractivity contribution in [3.8, 4) is 11.5 Å². The van der Waals surface area contributed by atoms with Gasteiger partial charge in [0.2, 0.25) is 5.91 Å². The first kappa shape index (κ1) is 16.5. The van der Waals surface area contributed by atoms with Crippen LogP contribution in [-0.2, 0) is 11.2 Å². The molecule has 1 aromatic carbocycles. The lowest BCUT2D eigenvalue weighted by Crippen LogP contribution is -2.35. The van der Waals surface area contributed by atoms with E-state index in [0.717, 1.165) is 6.42 Å². The van der Waals surface area contributed by atoms with Gasteiger partial charge in [0, 0.05) is 18.7 Å². The number of likely N-dealkylation sites (tertiary alicyclic amines) is 1. The molecule has 130 valence electrons. The second-order valence-corrected chi connectivity index (χ2v) is 6.64. The van der Waals surface area contributed by atoms with Gasteiger partial charge in [-0.3, -0.25) is 14.9 Å². The molecule has 0 spiro atoms. The molecule has 1 saturated heterocycles. The number of hydrogen-bond donors (Lipinski definition) is 1. The monoisotopic (exact) mass is 335 g/mol. The van der Waals surface area contributed by atoms with Crippen molar-refractivity contribution in [3.63, 3.8) is 0 Å². The zero-order chi connectivity index (χ0) is 17.3. The first-order valence-corrected chi connectivity index (χ1v) is 7.97. The Balaban J connectivity index is 1.81. The number of ether oxygens (including phenoxy) is 2. The molecule has 1 fully saturated rings. The normalized spacial score (nSPS) is 22.5. The van der Waals surface area contributed by atoms with Crippen LogP contribution in [-0.4, -0.2) is 48.6 Å². The van der Waals surface area contributed by atoms with Gasteiger partial charge in [0.25, 0.3) is 5.69 Å². The molecule has 0 bridgehead atoms. The fourth-order valence-electron chi connectivity index (χ4n) is 3.11. The van der Waals surface area contributed by atoms with Crippen molar-refractivity contribution in [2.24, 2.45) is 11.1 Å². The van der Waals surface area contributed by atoms with Crippen LogP contribution in [0, 0.1) is 15.5 Å². The van der Waals surface area contributed by atoms with Gasteiger partial charge in [-0.15, -0.1) is 0 Å². The Labute approximate surface area is 139 Å². The number of benzene rings is 1. The number of rotatable bonds is 4. The van der Waals surface area contributed by atoms with Crippen LogP contribution < -0.4 is 15.2 Å². The highest BCUT2D eigenvalue weighted by molar-refractivity contribution is 5.81. The highest BCUT2D eigenvalue weighted by Gasteiger charge is 2.35. The highest BCUT2D eigenvalue weighted by Crippen LogP contribution is 2.37. The minimum Gasteiger partial charge on any atom is -0.486 e. The summed E-state index contributed by atoms with van der Waals surface area (Å²) in [6.45, 7) is 4.52. The standard InChI is InChI=1S/C16H21N3O5/c1-16(9-17)2-3-18(10-16)15(20)7-11-6-13-14(24-5-4-23-13)8-12(11)19(21)22/h6,8H,2-5,7,9-10,17H2,1H3. The van der Waals surface area contributed by atoms with Crippen LogP contribution in [0.25, 0.3) is 0 Å². The van der Waals surface area contributed by atoms with Crippen LogP contribution in [0.5, 0.6) is 11.5 Å². The summed E-state index contributed by atoms with van der Waals surface area (Å²) in [7, 11) is 0. The molecule has 1 unspecified atom stereocenters. The molecule has 3 rings (SSSR count). The smallest absolute Gasteiger partial charge is 0.277 e. The minimum atomic E-state index is -0.491. The van der Waals surface area contributed by atoms with Crippen LogP contribution in [0.15, 0.2) is 12.1 Å². The van der Waals surface area contributed by atoms with Crippen molar-refractivity contribution in [2.45, 2.75) is 19.8 Å². The van der Waals surface area contributed by atoms with Gasteiger partial charge in [-0.1, -0.05) is 6.92 Å². The third-order valence-corrected chi connectivity index (χ3v) is 4.69. The molecule has 2 N–H and O–H groups in total. The molecule has 0 saturated carbocycles. The SMILES string of the molecule is CC1(CN)CCN(C(=O)Cc2cc3c(cc2[N+](=O)[O-])OCCO3)C1. The van der Waals surface area contributed by atoms with Gasteiger partial charge in [0.05, 0.1) is 17.4 Å². The molecule has 1 aromatic rings. The van der Waals surface area contributed by atoms with Gasteiger partial charge in [0.15, 0.2) is 11.5 Å². The van der Waals surface area contributed by atoms with Crippen LogP contribution in [0.1, 0.15) is 18.9 Å². The molecule has 0 radical (unpaired) electrons. The predicted molar refractivity (Wildman–Crippen MR) is 86.1 cm³/mol. The van der Waals surface area contributed by atoms with Gasteiger partial charge in [0.1, 0.15) is 13.2 Å². The predicted octanol–water partition coefficient (Wildman–Crippen LogP) is 1.11. The number of fused-ring (bicyclic) bond motifs is 1. The first-order chi connectivity index (χ1) is 11.4. The molecule has 8 nitrogen and oxygen atoms in total. The van der Waals surface area contributed by atoms with Crippen LogP contribution in [0.2, 0.25) is 0 Å². The molecule has 1 atom stereocenters. The van der Waals surface area contributed by atoms with Gasteiger partial charge in [-0.25, -0.2) is 0 Å². The molecule has 2 heterocycles. The lowest BCUT2D eigenvalue weighted by Gasteiger charge is -2.23. The molecule has 24 heavy (non-hydrogen) atoms. The van der Waals surface area contributed by atoms with Gasteiger partial charge in [-0.2, -0.15) is 0 Å². The lowest BCUT2D eigenvalue weighted by molar-refractivity contribution is -0.385. The molecule has 1 amide bonds. The summed E-state index contributed by atoms with van der Waals surface area (Å²) in [5, 5.41) is 11.3. The number of nitrogens with zero attached hydrogens (tertiary/aromatic N) is 2. The largest absolute Gasteiger partial charge is 0.486 e. The number of nitro benzene ring substituents is 1. The van der Waals surface area contributed by atoms with E-state index in [4.69, 9.17) is 15.2 Å². The number of carbonyl (C=O) groups excluding carboxylic acids is 1. The Kier molecular flexibility index (Phi) is 4.31. The van der Waals surface area contributed by atoms with Crippen molar-refractivity contribution in [3.05, 3.63) is 27.8 Å². The topological polar surface area (TPSA) is 108 Å². The second kappa shape index (κ2) is 6.27. The lowest BCUT2D eigenvalue weighted by atomic mass is 9.90. The Morgan fingerprint density at radius 1 is 1.38 bits per heavy atom. The summed E-state index contributed by atoms with van der Waals surface area (Å²) in [5.41, 5.74) is 5.92. The third-order valence-electron chi connectivity index (χ3n) is 4.69. The van der Waals surface area contributed by atoms with E-state index in [0.29, 0.717) is 49.9 Å². The van der Waals surface area contributed by atoms with E-state index in [2.05, 4.69) is 0 Å². The van der Waals surface area contributed by atoms with E-state index in [1.165, 1.54) is 6.07 Å². The van der Waals surface area contributed by atoms with Crippen molar-refractivity contribution in [2.75, 3.05) is 32.8 Å². The summed E-state index contributed by atoms with van der Waals surface area (Å²) >= 11 is 0. The average Bonchev–Trinajstić information content (AvgIpc) is 2.97. The summed E-state index contributed by atoms with van der Waals surface area (Å²) in [5.74, 6) is 0.663. The van der Waals surface area contributed by atoms with Crippen LogP contribution in [0.4, 0.5) is 5.69 Å². The maximum absolute atomic E-state index is 12.6. The van der Waals surface area contributed by atoms with E-state index in [1.807, 2.05) is 6.92 Å². The summed E-state index contributed by atoms with van der Waals surface area (Å²) in [6, 6.07) is 2.88. The van der Waals surface area contributed by atoms with E-state index in [9.17, 15) is 14.9 Å². The Bertz CT molecular complexity index is 678. The molecule has 2 aliphatic heterocycles. The Morgan fingerprint density at radius 3 is 2.62 bits per heavy atom. The molecular weight excluding hydrogens is 314 g/mol. The summed E-state index contributed by atoms with van der Waals surface area (Å²) in [6.07, 6.45) is 0.812. The maximum atomic E-state index is 12.6. The highest BCUT2D eigenvalue weighted by atomic mass is 16.6. The minimum absolute atomic E-state index is 0.0341. The number of nitro groups is 1. The van der Waals surface area contributed by atoms with Crippen molar-refractivity contribution in [1.82, 2.24) is 4.90 Å². The van der Waals surface area contributed by atoms with E-state index >= 15 is 0 Å². The van der Waals surface area contributed by atoms with Crippen molar-refractivity contribution in [1.29, 1.82) is 0 Å². The zero-order valence-corrected chi connectivity index (χ0v) is 13.6. The maximum Gasteiger partial charge on any atom is 0.277 e. The molecule has 8 heteroatoms. The number of carbonyl (C=O) groups is 1. The molecular formula is C16H21N3O5. The number of amides is 1. The van der Waals surface area contributed by atoms with E-state index in [-0.39, 0.29) is 23.4 Å². The second-order valence-electron chi connectivity index (χ2n) is 6.64. The fraction of sp³-hybridized carbons (Fsp3) is 0.562. The van der Waals surface area contributed by atoms with Crippen molar-refractivity contribution < 1.29 is 19.2 Å². The van der Waals surface area contributed by atoms with Crippen molar-refractivity contribution >= 4 is 11.6 Å². The van der Waals surface area contributed by atoms with E-state index < -0.39 is 4.92 Å². The quantitative estimate of drug-likeness (QED) is 0.652. The fourth-order valence-corrected chi connectivity index (χ4v) is 3.11. The van der Waals surface area contributed by atoms with Crippen LogP contribution >= 0.6 is 0 Å². The molecule has 0 aromatic heterocycles. The first-order valence-electron chi connectivity index (χ1n) is 7.97. The summed E-state index contributed by atoms with van der Waals surface area (Å²) < 4.78 is 10.8. The Hall–Kier alpha value is -2.35. The Morgan fingerprint density at radius 2 is 2.04 bits per heavy atom. The molecule has 0 aliphatic carbocycles. The van der Waals surface area contributed by atoms with Gasteiger partial charge in [-0.05, 0) is 24.4 Å².